The number of hydrogen-bond donors (Lipinski definition) is 4. The number of nitrogens with one attached hydrogen (secondary N) is 2. The largest absolute Gasteiger partial charge is 0.508 e. The molecule has 1 amide bonds. The van der Waals surface area contributed by atoms with Crippen LogP contribution < -0.4 is 10.6 Å². The molecule has 0 spiro atoms. The molecular formula is C13H18N2O4. The van der Waals surface area contributed by atoms with Crippen LogP contribution in [0.1, 0.15) is 24.9 Å². The number of carbonyl (C=O) groups excluding carboxylic acids is 1. The summed E-state index contributed by atoms with van der Waals surface area (Å²) in [5.74, 6) is -0.989. The first kappa shape index (κ1) is 15.0. The summed E-state index contributed by atoms with van der Waals surface area (Å²) in [7, 11) is 0. The van der Waals surface area contributed by atoms with Crippen molar-refractivity contribution in [2.45, 2.75) is 19.4 Å². The van der Waals surface area contributed by atoms with Crippen LogP contribution >= 0.6 is 0 Å². The normalized spacial score (nSPS) is 11.8. The Morgan fingerprint density at radius 2 is 1.84 bits per heavy atom. The molecule has 1 aromatic rings. The highest BCUT2D eigenvalue weighted by atomic mass is 16.4. The Balaban J connectivity index is 2.47. The maximum Gasteiger partial charge on any atom is 0.325 e. The molecule has 0 saturated carbocycles. The fraction of sp³-hybridized carbons (Fsp3) is 0.385. The molecule has 0 fully saturated rings. The monoisotopic (exact) mass is 266 g/mol. The Morgan fingerprint density at radius 3 is 2.37 bits per heavy atom. The van der Waals surface area contributed by atoms with E-state index in [2.05, 4.69) is 10.6 Å². The van der Waals surface area contributed by atoms with Gasteiger partial charge < -0.3 is 20.8 Å². The first-order chi connectivity index (χ1) is 9.00. The Kier molecular flexibility index (Phi) is 5.81. The number of phenols is 1. The summed E-state index contributed by atoms with van der Waals surface area (Å²) in [5.41, 5.74) is 0.574. The highest BCUT2D eigenvalue weighted by molar-refractivity contribution is 5.75. The van der Waals surface area contributed by atoms with Crippen LogP contribution in [0.3, 0.4) is 0 Å². The molecule has 0 aliphatic heterocycles. The van der Waals surface area contributed by atoms with E-state index < -0.39 is 12.0 Å². The van der Waals surface area contributed by atoms with E-state index in [4.69, 9.17) is 10.2 Å². The number of amides is 1. The average Bonchev–Trinajstić information content (AvgIpc) is 2.34. The van der Waals surface area contributed by atoms with Gasteiger partial charge in [0.05, 0.1) is 0 Å². The number of aliphatic carboxylic acids is 1. The highest BCUT2D eigenvalue weighted by Gasteiger charge is 2.18. The van der Waals surface area contributed by atoms with E-state index in [1.54, 1.807) is 12.1 Å². The highest BCUT2D eigenvalue weighted by Crippen LogP contribution is 2.17. The predicted molar refractivity (Wildman–Crippen MR) is 69.8 cm³/mol. The van der Waals surface area contributed by atoms with Crippen LogP contribution in [-0.4, -0.2) is 35.2 Å². The van der Waals surface area contributed by atoms with Gasteiger partial charge in [-0.05, 0) is 30.7 Å². The second-order valence-corrected chi connectivity index (χ2v) is 4.15. The van der Waals surface area contributed by atoms with Crippen LogP contribution in [0.4, 0.5) is 0 Å². The lowest BCUT2D eigenvalue weighted by molar-refractivity contribution is -0.139. The van der Waals surface area contributed by atoms with E-state index in [1.807, 2.05) is 0 Å². The fourth-order valence-electron chi connectivity index (χ4n) is 1.61. The van der Waals surface area contributed by atoms with Crippen molar-refractivity contribution in [2.75, 3.05) is 13.1 Å². The van der Waals surface area contributed by atoms with Crippen molar-refractivity contribution in [2.24, 2.45) is 0 Å². The van der Waals surface area contributed by atoms with Gasteiger partial charge >= 0.3 is 5.97 Å². The molecule has 0 bridgehead atoms. The zero-order chi connectivity index (χ0) is 14.3. The summed E-state index contributed by atoms with van der Waals surface area (Å²) in [6.45, 7) is 2.41. The molecule has 1 atom stereocenters. The topological polar surface area (TPSA) is 98.7 Å². The predicted octanol–water partition coefficient (Wildman–Crippen LogP) is 0.634. The first-order valence-electron chi connectivity index (χ1n) is 6.00. The summed E-state index contributed by atoms with van der Waals surface area (Å²) in [5, 5.41) is 23.8. The Morgan fingerprint density at radius 1 is 1.21 bits per heavy atom. The van der Waals surface area contributed by atoms with Gasteiger partial charge in [-0.1, -0.05) is 12.1 Å². The third kappa shape index (κ3) is 5.39. The van der Waals surface area contributed by atoms with Gasteiger partial charge in [-0.15, -0.1) is 0 Å². The number of hydrogen-bond acceptors (Lipinski definition) is 4. The molecule has 6 nitrogen and oxygen atoms in total. The molecule has 1 unspecified atom stereocenters. The summed E-state index contributed by atoms with van der Waals surface area (Å²) in [6.07, 6.45) is 0.640. The molecule has 0 aromatic heterocycles. The molecule has 6 heteroatoms. The van der Waals surface area contributed by atoms with Crippen molar-refractivity contribution in [3.63, 3.8) is 0 Å². The molecule has 104 valence electrons. The lowest BCUT2D eigenvalue weighted by Gasteiger charge is -2.15. The van der Waals surface area contributed by atoms with Gasteiger partial charge in [0, 0.05) is 13.5 Å². The maximum absolute atomic E-state index is 11.2. The van der Waals surface area contributed by atoms with Crippen molar-refractivity contribution >= 4 is 11.9 Å². The van der Waals surface area contributed by atoms with Crippen LogP contribution in [0.5, 0.6) is 5.75 Å². The van der Waals surface area contributed by atoms with Crippen molar-refractivity contribution in [3.8, 4) is 5.75 Å². The second kappa shape index (κ2) is 7.38. The molecule has 1 aromatic carbocycles. The third-order valence-corrected chi connectivity index (χ3v) is 2.55. The van der Waals surface area contributed by atoms with E-state index >= 15 is 0 Å². The molecule has 1 rings (SSSR count). The Hall–Kier alpha value is -2.08. The maximum atomic E-state index is 11.2. The minimum Gasteiger partial charge on any atom is -0.508 e. The van der Waals surface area contributed by atoms with E-state index in [9.17, 15) is 9.59 Å². The van der Waals surface area contributed by atoms with Crippen LogP contribution in [0.2, 0.25) is 0 Å². The van der Waals surface area contributed by atoms with Crippen LogP contribution in [-0.2, 0) is 9.59 Å². The summed E-state index contributed by atoms with van der Waals surface area (Å²) in [4.78, 5) is 21.8. The van der Waals surface area contributed by atoms with E-state index in [1.165, 1.54) is 19.1 Å². The van der Waals surface area contributed by atoms with Crippen LogP contribution in [0.15, 0.2) is 24.3 Å². The SMILES string of the molecule is CC(=O)NCCCNC(C(=O)O)c1ccc(O)cc1. The number of rotatable bonds is 7. The minimum atomic E-state index is -0.981. The standard InChI is InChI=1S/C13H18N2O4/c1-9(16)14-7-2-8-15-12(13(18)19)10-3-5-11(17)6-4-10/h3-6,12,15,17H,2,7-8H2,1H3,(H,14,16)(H,18,19). The zero-order valence-corrected chi connectivity index (χ0v) is 10.7. The molecule has 0 aliphatic rings. The smallest absolute Gasteiger partial charge is 0.325 e. The van der Waals surface area contributed by atoms with E-state index in [-0.39, 0.29) is 11.7 Å². The number of aromatic hydroxyl groups is 1. The van der Waals surface area contributed by atoms with Gasteiger partial charge in [-0.25, -0.2) is 0 Å². The molecule has 0 saturated heterocycles. The van der Waals surface area contributed by atoms with Gasteiger partial charge in [0.1, 0.15) is 11.8 Å². The summed E-state index contributed by atoms with van der Waals surface area (Å²) >= 11 is 0. The molecule has 4 N–H and O–H groups in total. The van der Waals surface area contributed by atoms with Gasteiger partial charge in [0.2, 0.25) is 5.91 Å². The molecule has 0 aliphatic carbocycles. The fourth-order valence-corrected chi connectivity index (χ4v) is 1.61. The van der Waals surface area contributed by atoms with Gasteiger partial charge in [-0.3, -0.25) is 9.59 Å². The quantitative estimate of drug-likeness (QED) is 0.543. The summed E-state index contributed by atoms with van der Waals surface area (Å²) in [6, 6.07) is 5.20. The van der Waals surface area contributed by atoms with Crippen molar-refractivity contribution < 1.29 is 19.8 Å². The first-order valence-corrected chi connectivity index (χ1v) is 6.00. The van der Waals surface area contributed by atoms with E-state index in [0.29, 0.717) is 25.1 Å². The molecule has 19 heavy (non-hydrogen) atoms. The van der Waals surface area contributed by atoms with Crippen LogP contribution in [0, 0.1) is 0 Å². The van der Waals surface area contributed by atoms with Crippen molar-refractivity contribution in [1.82, 2.24) is 10.6 Å². The lowest BCUT2D eigenvalue weighted by atomic mass is 10.1. The van der Waals surface area contributed by atoms with Crippen LogP contribution in [0.25, 0.3) is 0 Å². The van der Waals surface area contributed by atoms with Crippen molar-refractivity contribution in [1.29, 1.82) is 0 Å². The second-order valence-electron chi connectivity index (χ2n) is 4.15. The zero-order valence-electron chi connectivity index (χ0n) is 10.7. The van der Waals surface area contributed by atoms with Crippen molar-refractivity contribution in [3.05, 3.63) is 29.8 Å². The number of carboxylic acids is 1. The van der Waals surface area contributed by atoms with Gasteiger partial charge in [-0.2, -0.15) is 0 Å². The van der Waals surface area contributed by atoms with E-state index in [0.717, 1.165) is 0 Å². The lowest BCUT2D eigenvalue weighted by Crippen LogP contribution is -2.31. The summed E-state index contributed by atoms with van der Waals surface area (Å²) < 4.78 is 0. The molecule has 0 heterocycles. The van der Waals surface area contributed by atoms with Gasteiger partial charge in [0.25, 0.3) is 0 Å². The molecular weight excluding hydrogens is 248 g/mol. The number of carboxylic acid groups (broad SMARTS) is 1. The van der Waals surface area contributed by atoms with Gasteiger partial charge in [0.15, 0.2) is 0 Å². The molecule has 0 radical (unpaired) electrons. The minimum absolute atomic E-state index is 0.0959. The Labute approximate surface area is 111 Å². The number of phenolic OH excluding ortho intramolecular Hbond substituents is 1. The average molecular weight is 266 g/mol. The number of benzene rings is 1. The third-order valence-electron chi connectivity index (χ3n) is 2.55. The Bertz CT molecular complexity index is 431. The number of carbonyl (C=O) groups is 2.